The second-order valence-electron chi connectivity index (χ2n) is 3.77. The van der Waals surface area contributed by atoms with Gasteiger partial charge in [-0.1, -0.05) is 15.9 Å². The van der Waals surface area contributed by atoms with Crippen LogP contribution in [-0.4, -0.2) is 7.11 Å². The molecule has 0 bridgehead atoms. The summed E-state index contributed by atoms with van der Waals surface area (Å²) in [4.78, 5) is 0. The van der Waals surface area contributed by atoms with Gasteiger partial charge < -0.3 is 10.1 Å². The van der Waals surface area contributed by atoms with Crippen LogP contribution in [0.1, 0.15) is 5.56 Å². The molecule has 5 heteroatoms. The van der Waals surface area contributed by atoms with Crippen molar-refractivity contribution >= 4 is 43.2 Å². The van der Waals surface area contributed by atoms with Gasteiger partial charge in [-0.2, -0.15) is 5.26 Å². The lowest BCUT2D eigenvalue weighted by molar-refractivity contribution is 0.415. The zero-order chi connectivity index (χ0) is 13.8. The molecule has 1 N–H and O–H groups in total. The molecule has 0 unspecified atom stereocenters. The van der Waals surface area contributed by atoms with Crippen LogP contribution in [0.5, 0.6) is 5.75 Å². The zero-order valence-corrected chi connectivity index (χ0v) is 13.2. The van der Waals surface area contributed by atoms with Gasteiger partial charge in [0.1, 0.15) is 11.8 Å². The molecule has 0 fully saturated rings. The lowest BCUT2D eigenvalue weighted by atomic mass is 10.2. The molecular formula is C14H10Br2N2O. The number of nitriles is 1. The van der Waals surface area contributed by atoms with Crippen LogP contribution in [-0.2, 0) is 0 Å². The summed E-state index contributed by atoms with van der Waals surface area (Å²) in [6.07, 6.45) is 0. The average Bonchev–Trinajstić information content (AvgIpc) is 2.41. The van der Waals surface area contributed by atoms with Gasteiger partial charge in [0.05, 0.1) is 24.0 Å². The van der Waals surface area contributed by atoms with Crippen LogP contribution in [0.3, 0.4) is 0 Å². The highest BCUT2D eigenvalue weighted by Crippen LogP contribution is 2.31. The number of halogens is 2. The number of rotatable bonds is 3. The van der Waals surface area contributed by atoms with Crippen LogP contribution in [0.25, 0.3) is 0 Å². The van der Waals surface area contributed by atoms with E-state index in [1.165, 1.54) is 0 Å². The molecule has 0 aliphatic rings. The molecule has 2 rings (SSSR count). The SMILES string of the molecule is COc1ccc(Br)c(Nc2cc(Br)ccc2C#N)c1. The van der Waals surface area contributed by atoms with Gasteiger partial charge in [-0.3, -0.25) is 0 Å². The largest absolute Gasteiger partial charge is 0.497 e. The Labute approximate surface area is 128 Å². The quantitative estimate of drug-likeness (QED) is 0.827. The summed E-state index contributed by atoms with van der Waals surface area (Å²) in [5, 5.41) is 12.3. The van der Waals surface area contributed by atoms with E-state index in [9.17, 15) is 0 Å². The van der Waals surface area contributed by atoms with Crippen LogP contribution in [0.15, 0.2) is 45.3 Å². The normalized spacial score (nSPS) is 9.79. The van der Waals surface area contributed by atoms with E-state index in [-0.39, 0.29) is 0 Å². The van der Waals surface area contributed by atoms with Crippen molar-refractivity contribution in [3.05, 3.63) is 50.9 Å². The smallest absolute Gasteiger partial charge is 0.121 e. The monoisotopic (exact) mass is 380 g/mol. The fourth-order valence-electron chi connectivity index (χ4n) is 1.59. The standard InChI is InChI=1S/C14H10Br2N2O/c1-19-11-4-5-12(16)14(7-11)18-13-6-10(15)3-2-9(13)8-17/h2-7,18H,1H3. The predicted octanol–water partition coefficient (Wildman–Crippen LogP) is 4.84. The first-order valence-corrected chi connectivity index (χ1v) is 7.03. The first kappa shape index (κ1) is 13.9. The van der Waals surface area contributed by atoms with Gasteiger partial charge in [-0.05, 0) is 46.3 Å². The summed E-state index contributed by atoms with van der Waals surface area (Å²) in [7, 11) is 1.62. The third kappa shape index (κ3) is 3.28. The second-order valence-corrected chi connectivity index (χ2v) is 5.54. The van der Waals surface area contributed by atoms with Gasteiger partial charge in [0.15, 0.2) is 0 Å². The molecule has 0 aliphatic carbocycles. The van der Waals surface area contributed by atoms with Gasteiger partial charge in [0.25, 0.3) is 0 Å². The summed E-state index contributed by atoms with van der Waals surface area (Å²) in [5.41, 5.74) is 2.16. The maximum Gasteiger partial charge on any atom is 0.121 e. The molecule has 0 aliphatic heterocycles. The Bertz CT molecular complexity index is 650. The van der Waals surface area contributed by atoms with Crippen molar-refractivity contribution in [3.8, 4) is 11.8 Å². The molecule has 0 amide bonds. The third-order valence-electron chi connectivity index (χ3n) is 2.54. The van der Waals surface area contributed by atoms with E-state index < -0.39 is 0 Å². The highest BCUT2D eigenvalue weighted by molar-refractivity contribution is 9.10. The summed E-state index contributed by atoms with van der Waals surface area (Å²) in [5.74, 6) is 0.749. The minimum Gasteiger partial charge on any atom is -0.497 e. The van der Waals surface area contributed by atoms with Gasteiger partial charge in [0, 0.05) is 15.0 Å². The molecule has 0 saturated carbocycles. The number of hydrogen-bond donors (Lipinski definition) is 1. The number of nitrogens with zero attached hydrogens (tertiary/aromatic N) is 1. The van der Waals surface area contributed by atoms with E-state index in [1.807, 2.05) is 30.3 Å². The summed E-state index contributed by atoms with van der Waals surface area (Å²) < 4.78 is 7.00. The first-order valence-electron chi connectivity index (χ1n) is 5.44. The second kappa shape index (κ2) is 6.09. The Morgan fingerprint density at radius 3 is 2.58 bits per heavy atom. The molecule has 0 atom stereocenters. The van der Waals surface area contributed by atoms with E-state index in [1.54, 1.807) is 13.2 Å². The van der Waals surface area contributed by atoms with Gasteiger partial charge in [0.2, 0.25) is 0 Å². The zero-order valence-electron chi connectivity index (χ0n) is 10.1. The van der Waals surface area contributed by atoms with Crippen molar-refractivity contribution in [1.82, 2.24) is 0 Å². The van der Waals surface area contributed by atoms with Crippen LogP contribution in [0.4, 0.5) is 11.4 Å². The minimum absolute atomic E-state index is 0.581. The highest BCUT2D eigenvalue weighted by atomic mass is 79.9. The van der Waals surface area contributed by atoms with Crippen molar-refractivity contribution in [1.29, 1.82) is 5.26 Å². The highest BCUT2D eigenvalue weighted by Gasteiger charge is 2.07. The molecule has 96 valence electrons. The number of ether oxygens (including phenoxy) is 1. The number of nitrogens with one attached hydrogen (secondary N) is 1. The van der Waals surface area contributed by atoms with Crippen LogP contribution >= 0.6 is 31.9 Å². The average molecular weight is 382 g/mol. The van der Waals surface area contributed by atoms with Crippen molar-refractivity contribution in [2.24, 2.45) is 0 Å². The third-order valence-corrected chi connectivity index (χ3v) is 3.73. The van der Waals surface area contributed by atoms with E-state index in [4.69, 9.17) is 10.00 Å². The maximum atomic E-state index is 9.12. The Hall–Kier alpha value is -1.51. The van der Waals surface area contributed by atoms with E-state index in [0.717, 1.165) is 26.1 Å². The molecule has 0 aromatic heterocycles. The lowest BCUT2D eigenvalue weighted by Gasteiger charge is -2.12. The molecular weight excluding hydrogens is 372 g/mol. The van der Waals surface area contributed by atoms with Crippen molar-refractivity contribution in [2.75, 3.05) is 12.4 Å². The number of benzene rings is 2. The Kier molecular flexibility index (Phi) is 4.46. The van der Waals surface area contributed by atoms with Crippen molar-refractivity contribution in [3.63, 3.8) is 0 Å². The Balaban J connectivity index is 2.41. The molecule has 3 nitrogen and oxygen atoms in total. The summed E-state index contributed by atoms with van der Waals surface area (Å²) in [6.45, 7) is 0. The minimum atomic E-state index is 0.581. The van der Waals surface area contributed by atoms with Crippen molar-refractivity contribution < 1.29 is 4.74 Å². The molecule has 0 spiro atoms. The fraction of sp³-hybridized carbons (Fsp3) is 0.0714. The van der Waals surface area contributed by atoms with Gasteiger partial charge >= 0.3 is 0 Å². The van der Waals surface area contributed by atoms with Crippen molar-refractivity contribution in [2.45, 2.75) is 0 Å². The Morgan fingerprint density at radius 2 is 1.89 bits per heavy atom. The van der Waals surface area contributed by atoms with E-state index in [2.05, 4.69) is 43.2 Å². The van der Waals surface area contributed by atoms with Gasteiger partial charge in [-0.25, -0.2) is 0 Å². The van der Waals surface area contributed by atoms with Gasteiger partial charge in [-0.15, -0.1) is 0 Å². The predicted molar refractivity (Wildman–Crippen MR) is 82.8 cm³/mol. The fourth-order valence-corrected chi connectivity index (χ4v) is 2.30. The lowest BCUT2D eigenvalue weighted by Crippen LogP contribution is -1.95. The molecule has 2 aromatic rings. The van der Waals surface area contributed by atoms with E-state index >= 15 is 0 Å². The van der Waals surface area contributed by atoms with Crippen LogP contribution in [0, 0.1) is 11.3 Å². The molecule has 0 saturated heterocycles. The van der Waals surface area contributed by atoms with Crippen LogP contribution in [0.2, 0.25) is 0 Å². The summed E-state index contributed by atoms with van der Waals surface area (Å²) >= 11 is 6.87. The molecule has 0 radical (unpaired) electrons. The molecule has 0 heterocycles. The number of hydrogen-bond acceptors (Lipinski definition) is 3. The van der Waals surface area contributed by atoms with E-state index in [0.29, 0.717) is 5.56 Å². The molecule has 19 heavy (non-hydrogen) atoms. The number of anilines is 2. The molecule has 2 aromatic carbocycles. The first-order chi connectivity index (χ1) is 9.13. The topological polar surface area (TPSA) is 45.0 Å². The summed E-state index contributed by atoms with van der Waals surface area (Å²) in [6, 6.07) is 13.3. The number of methoxy groups -OCH3 is 1. The van der Waals surface area contributed by atoms with Crippen LogP contribution < -0.4 is 10.1 Å². The maximum absolute atomic E-state index is 9.12. The Morgan fingerprint density at radius 1 is 1.11 bits per heavy atom.